The molecule has 4 rings (SSSR count). The number of hydrogen-bond acceptors (Lipinski definition) is 5. The first-order chi connectivity index (χ1) is 14.7. The van der Waals surface area contributed by atoms with E-state index in [4.69, 9.17) is 4.74 Å². The van der Waals surface area contributed by atoms with Crippen molar-refractivity contribution in [3.8, 4) is 0 Å². The lowest BCUT2D eigenvalue weighted by Gasteiger charge is -2.43. The number of amides is 2. The normalized spacial score (nSPS) is 24.0. The molecule has 2 aliphatic carbocycles. The van der Waals surface area contributed by atoms with Gasteiger partial charge in [-0.1, -0.05) is 12.8 Å². The van der Waals surface area contributed by atoms with Crippen molar-refractivity contribution in [1.29, 1.82) is 0 Å². The third kappa shape index (κ3) is 4.89. The molecule has 0 radical (unpaired) electrons. The van der Waals surface area contributed by atoms with Gasteiger partial charge in [-0.15, -0.1) is 11.3 Å². The van der Waals surface area contributed by atoms with Crippen LogP contribution >= 0.6 is 11.3 Å². The van der Waals surface area contributed by atoms with Crippen LogP contribution in [0.15, 0.2) is 0 Å². The molecule has 1 saturated heterocycles. The molecule has 1 aromatic heterocycles. The minimum Gasteiger partial charge on any atom is -0.383 e. The monoisotopic (exact) mass is 433 g/mol. The van der Waals surface area contributed by atoms with Crippen LogP contribution in [0, 0.1) is 5.92 Å². The number of methoxy groups -OCH3 is 1. The summed E-state index contributed by atoms with van der Waals surface area (Å²) in [7, 11) is 1.63. The van der Waals surface area contributed by atoms with E-state index >= 15 is 0 Å². The van der Waals surface area contributed by atoms with E-state index in [0.717, 1.165) is 48.7 Å². The number of aryl methyl sites for hydroxylation is 1. The highest BCUT2D eigenvalue weighted by Gasteiger charge is 2.34. The lowest BCUT2D eigenvalue weighted by molar-refractivity contribution is -0.118. The van der Waals surface area contributed by atoms with Crippen LogP contribution < -0.4 is 10.6 Å². The molecule has 1 aromatic rings. The van der Waals surface area contributed by atoms with E-state index in [0.29, 0.717) is 31.3 Å². The quantitative estimate of drug-likeness (QED) is 0.645. The highest BCUT2D eigenvalue weighted by molar-refractivity contribution is 7.17. The number of anilines is 1. The Morgan fingerprint density at radius 2 is 1.90 bits per heavy atom. The highest BCUT2D eigenvalue weighted by Crippen LogP contribution is 2.39. The number of fused-ring (bicyclic) bond motifs is 2. The van der Waals surface area contributed by atoms with Gasteiger partial charge < -0.3 is 15.4 Å². The number of carbonyl (C=O) groups excluding carboxylic acids is 2. The first-order valence-electron chi connectivity index (χ1n) is 11.6. The number of piperidine rings is 1. The lowest BCUT2D eigenvalue weighted by atomic mass is 9.78. The SMILES string of the molecule is COCCNC(=O)c1c(NC(=O)CN2CCC[C@@H]3CCCC[C@@H]32)sc2c1CCCC2. The number of rotatable bonds is 7. The third-order valence-corrected chi connectivity index (χ3v) is 8.16. The molecule has 6 nitrogen and oxygen atoms in total. The standard InChI is InChI=1S/C23H35N3O3S/c1-29-14-12-24-22(28)21-17-9-3-5-11-19(17)30-23(21)25-20(27)15-26-13-6-8-16-7-2-4-10-18(16)26/h16,18H,2-15H2,1H3,(H,24,28)(H,25,27)/t16-,18-/m0/s1. The Hall–Kier alpha value is -1.44. The third-order valence-electron chi connectivity index (χ3n) is 6.95. The maximum atomic E-state index is 13.0. The maximum Gasteiger partial charge on any atom is 0.254 e. The van der Waals surface area contributed by atoms with Crippen molar-refractivity contribution < 1.29 is 14.3 Å². The average molecular weight is 434 g/mol. The van der Waals surface area contributed by atoms with Gasteiger partial charge in [-0.2, -0.15) is 0 Å². The van der Waals surface area contributed by atoms with E-state index in [2.05, 4.69) is 15.5 Å². The Morgan fingerprint density at radius 3 is 2.77 bits per heavy atom. The van der Waals surface area contributed by atoms with Crippen molar-refractivity contribution in [2.24, 2.45) is 5.92 Å². The van der Waals surface area contributed by atoms with Gasteiger partial charge in [-0.3, -0.25) is 14.5 Å². The molecule has 0 unspecified atom stereocenters. The van der Waals surface area contributed by atoms with E-state index in [9.17, 15) is 9.59 Å². The van der Waals surface area contributed by atoms with Crippen LogP contribution in [0.3, 0.4) is 0 Å². The van der Waals surface area contributed by atoms with E-state index in [1.54, 1.807) is 18.4 Å². The Morgan fingerprint density at radius 1 is 1.10 bits per heavy atom. The average Bonchev–Trinajstić information content (AvgIpc) is 3.12. The number of hydrogen-bond donors (Lipinski definition) is 2. The molecule has 1 saturated carbocycles. The minimum atomic E-state index is -0.0907. The second-order valence-electron chi connectivity index (χ2n) is 8.94. The predicted molar refractivity (Wildman–Crippen MR) is 120 cm³/mol. The van der Waals surface area contributed by atoms with Gasteiger partial charge in [0.2, 0.25) is 5.91 Å². The summed E-state index contributed by atoms with van der Waals surface area (Å²) in [6, 6.07) is 0.562. The number of nitrogens with one attached hydrogen (secondary N) is 2. The molecule has 2 fully saturated rings. The van der Waals surface area contributed by atoms with Crippen molar-refractivity contribution in [2.75, 3.05) is 38.7 Å². The van der Waals surface area contributed by atoms with Gasteiger partial charge in [0, 0.05) is 24.6 Å². The lowest BCUT2D eigenvalue weighted by Crippen LogP contribution is -2.49. The molecule has 3 aliphatic rings. The fourth-order valence-corrected chi connectivity index (χ4v) is 6.83. The Bertz CT molecular complexity index is 761. The van der Waals surface area contributed by atoms with Crippen molar-refractivity contribution in [3.05, 3.63) is 16.0 Å². The summed E-state index contributed by atoms with van der Waals surface area (Å²) in [6.07, 6.45) is 11.8. The molecule has 0 aromatic carbocycles. The zero-order valence-electron chi connectivity index (χ0n) is 18.1. The van der Waals surface area contributed by atoms with Crippen LogP contribution in [0.1, 0.15) is 72.2 Å². The number of nitrogens with zero attached hydrogens (tertiary/aromatic N) is 1. The highest BCUT2D eigenvalue weighted by atomic mass is 32.1. The molecule has 2 N–H and O–H groups in total. The first kappa shape index (κ1) is 21.8. The molecular formula is C23H35N3O3S. The predicted octanol–water partition coefficient (Wildman–Crippen LogP) is 3.60. The first-order valence-corrected chi connectivity index (χ1v) is 12.4. The molecule has 166 valence electrons. The van der Waals surface area contributed by atoms with E-state index in [-0.39, 0.29) is 11.8 Å². The Kier molecular flexibility index (Phi) is 7.44. The van der Waals surface area contributed by atoms with E-state index < -0.39 is 0 Å². The smallest absolute Gasteiger partial charge is 0.254 e. The molecule has 2 atom stereocenters. The van der Waals surface area contributed by atoms with Crippen LogP contribution in [0.2, 0.25) is 0 Å². The molecule has 1 aliphatic heterocycles. The van der Waals surface area contributed by atoms with Gasteiger partial charge in [0.05, 0.1) is 18.7 Å². The molecular weight excluding hydrogens is 398 g/mol. The van der Waals surface area contributed by atoms with Crippen molar-refractivity contribution >= 4 is 28.2 Å². The summed E-state index contributed by atoms with van der Waals surface area (Å²) in [5.41, 5.74) is 1.83. The summed E-state index contributed by atoms with van der Waals surface area (Å²) in [6.45, 7) is 2.41. The summed E-state index contributed by atoms with van der Waals surface area (Å²) >= 11 is 1.60. The molecule has 30 heavy (non-hydrogen) atoms. The van der Waals surface area contributed by atoms with Crippen LogP contribution in [0.5, 0.6) is 0 Å². The molecule has 2 heterocycles. The Balaban J connectivity index is 1.46. The van der Waals surface area contributed by atoms with E-state index in [1.165, 1.54) is 43.4 Å². The van der Waals surface area contributed by atoms with Gasteiger partial charge >= 0.3 is 0 Å². The van der Waals surface area contributed by atoms with Crippen LogP contribution in [-0.4, -0.2) is 56.1 Å². The Labute approximate surface area is 183 Å². The minimum absolute atomic E-state index is 0.0192. The van der Waals surface area contributed by atoms with Crippen LogP contribution in [0.4, 0.5) is 5.00 Å². The zero-order valence-corrected chi connectivity index (χ0v) is 19.0. The fraction of sp³-hybridized carbons (Fsp3) is 0.739. The second-order valence-corrected chi connectivity index (χ2v) is 10.0. The van der Waals surface area contributed by atoms with Gasteiger partial charge in [0.1, 0.15) is 5.00 Å². The number of ether oxygens (including phenoxy) is 1. The van der Waals surface area contributed by atoms with Gasteiger partial charge in [0.25, 0.3) is 5.91 Å². The van der Waals surface area contributed by atoms with Crippen LogP contribution in [-0.2, 0) is 22.4 Å². The fourth-order valence-electron chi connectivity index (χ4n) is 5.52. The van der Waals surface area contributed by atoms with Crippen LogP contribution in [0.25, 0.3) is 0 Å². The largest absolute Gasteiger partial charge is 0.383 e. The van der Waals surface area contributed by atoms with Gasteiger partial charge in [-0.05, 0) is 69.4 Å². The van der Waals surface area contributed by atoms with Gasteiger partial charge in [-0.25, -0.2) is 0 Å². The van der Waals surface area contributed by atoms with Crippen molar-refractivity contribution in [3.63, 3.8) is 0 Å². The summed E-state index contributed by atoms with van der Waals surface area (Å²) in [5, 5.41) is 6.81. The van der Waals surface area contributed by atoms with Crippen molar-refractivity contribution in [2.45, 2.75) is 70.3 Å². The summed E-state index contributed by atoms with van der Waals surface area (Å²) < 4.78 is 5.06. The molecule has 7 heteroatoms. The van der Waals surface area contributed by atoms with E-state index in [1.807, 2.05) is 0 Å². The number of carbonyl (C=O) groups is 2. The summed E-state index contributed by atoms with van der Waals surface area (Å²) in [4.78, 5) is 29.6. The van der Waals surface area contributed by atoms with Crippen molar-refractivity contribution in [1.82, 2.24) is 10.2 Å². The maximum absolute atomic E-state index is 13.0. The second kappa shape index (κ2) is 10.2. The molecule has 0 bridgehead atoms. The number of likely N-dealkylation sites (tertiary alicyclic amines) is 1. The number of thiophene rings is 1. The van der Waals surface area contributed by atoms with Gasteiger partial charge in [0.15, 0.2) is 0 Å². The summed E-state index contributed by atoms with van der Waals surface area (Å²) in [5.74, 6) is 0.689. The topological polar surface area (TPSA) is 70.7 Å². The zero-order chi connectivity index (χ0) is 20.9. The molecule has 0 spiro atoms. The molecule has 2 amide bonds.